The van der Waals surface area contributed by atoms with Gasteiger partial charge in [-0.2, -0.15) is 0 Å². The van der Waals surface area contributed by atoms with Crippen LogP contribution < -0.4 is 4.90 Å². The Bertz CT molecular complexity index is 3510. The van der Waals surface area contributed by atoms with Crippen molar-refractivity contribution in [3.63, 3.8) is 0 Å². The number of aryl methyl sites for hydroxylation is 4. The van der Waals surface area contributed by atoms with Gasteiger partial charge in [0.25, 0.3) is 0 Å². The highest BCUT2D eigenvalue weighted by Gasteiger charge is 2.61. The summed E-state index contributed by atoms with van der Waals surface area (Å²) in [6.45, 7) is 4.52. The Balaban J connectivity index is 0.966. The van der Waals surface area contributed by atoms with E-state index in [2.05, 4.69) is 219 Å². The predicted molar refractivity (Wildman–Crippen MR) is 289 cm³/mol. The van der Waals surface area contributed by atoms with Gasteiger partial charge in [-0.05, 0) is 208 Å². The van der Waals surface area contributed by atoms with E-state index < -0.39 is 5.41 Å². The lowest BCUT2D eigenvalue weighted by Gasteiger charge is -2.61. The zero-order valence-electron chi connectivity index (χ0n) is 40.3. The van der Waals surface area contributed by atoms with Gasteiger partial charge in [0.2, 0.25) is 0 Å². The van der Waals surface area contributed by atoms with Gasteiger partial charge in [-0.15, -0.1) is 0 Å². The summed E-state index contributed by atoms with van der Waals surface area (Å²) in [6.07, 6.45) is 9.00. The van der Waals surface area contributed by atoms with E-state index in [1.54, 1.807) is 11.1 Å². The summed E-state index contributed by atoms with van der Waals surface area (Å²) < 4.78 is 0. The Hall–Kier alpha value is -7.22. The number of benzene rings is 9. The fraction of sp³-hybridized carbons (Fsp3) is 0.217. The lowest BCUT2D eigenvalue weighted by molar-refractivity contribution is -0.0399. The number of hydrogen-bond acceptors (Lipinski definition) is 1. The molecule has 338 valence electrons. The molecule has 0 unspecified atom stereocenters. The highest BCUT2D eigenvalue weighted by Crippen LogP contribution is 2.70. The number of hydrogen-bond donors (Lipinski definition) is 0. The molecule has 9 aromatic rings. The second-order valence-corrected chi connectivity index (χ2v) is 22.1. The van der Waals surface area contributed by atoms with Crippen LogP contribution in [0, 0.1) is 37.5 Å². The Morgan fingerprint density at radius 2 is 0.800 bits per heavy atom. The molecule has 1 heteroatoms. The second kappa shape index (κ2) is 15.1. The zero-order chi connectivity index (χ0) is 46.3. The summed E-state index contributed by atoms with van der Waals surface area (Å²) in [4.78, 5) is 2.61. The average molecular weight is 900 g/mol. The second-order valence-electron chi connectivity index (χ2n) is 22.1. The van der Waals surface area contributed by atoms with Gasteiger partial charge in [0.1, 0.15) is 0 Å². The monoisotopic (exact) mass is 899 g/mol. The molecule has 70 heavy (non-hydrogen) atoms. The molecular formula is C69H57N. The summed E-state index contributed by atoms with van der Waals surface area (Å²) in [6, 6.07) is 77.8. The molecule has 0 aliphatic heterocycles. The Morgan fingerprint density at radius 3 is 1.40 bits per heavy atom. The largest absolute Gasteiger partial charge is 0.310 e. The van der Waals surface area contributed by atoms with E-state index in [1.165, 1.54) is 138 Å². The van der Waals surface area contributed by atoms with E-state index in [4.69, 9.17) is 0 Å². The molecule has 4 bridgehead atoms. The van der Waals surface area contributed by atoms with Crippen LogP contribution in [-0.4, -0.2) is 0 Å². The number of fused-ring (bicyclic) bond motifs is 12. The first-order valence-corrected chi connectivity index (χ1v) is 26.2. The van der Waals surface area contributed by atoms with Crippen molar-refractivity contribution in [2.75, 3.05) is 4.90 Å². The van der Waals surface area contributed by atoms with Crippen LogP contribution in [0.4, 0.5) is 17.1 Å². The summed E-state index contributed by atoms with van der Waals surface area (Å²) in [7, 11) is 0. The third kappa shape index (κ3) is 5.61. The molecule has 16 rings (SSSR count). The van der Waals surface area contributed by atoms with Crippen LogP contribution in [0.25, 0.3) is 44.5 Å². The molecule has 1 nitrogen and oxygen atoms in total. The van der Waals surface area contributed by atoms with E-state index in [1.807, 2.05) is 0 Å². The van der Waals surface area contributed by atoms with Gasteiger partial charge >= 0.3 is 0 Å². The first kappa shape index (κ1) is 40.6. The quantitative estimate of drug-likeness (QED) is 0.166. The smallest absolute Gasteiger partial charge is 0.0719 e. The maximum atomic E-state index is 2.68. The third-order valence-electron chi connectivity index (χ3n) is 18.5. The molecule has 0 heterocycles. The zero-order valence-corrected chi connectivity index (χ0v) is 40.3. The Kier molecular flexibility index (Phi) is 8.79. The summed E-state index contributed by atoms with van der Waals surface area (Å²) >= 11 is 0. The lowest BCUT2D eigenvalue weighted by Crippen LogP contribution is -2.55. The number of nitrogens with zero attached hydrogens (tertiary/aromatic N) is 1. The van der Waals surface area contributed by atoms with Crippen molar-refractivity contribution in [1.82, 2.24) is 0 Å². The van der Waals surface area contributed by atoms with Crippen LogP contribution in [0.1, 0.15) is 87.7 Å². The van der Waals surface area contributed by atoms with Gasteiger partial charge in [-0.25, -0.2) is 0 Å². The SMILES string of the molecule is Cc1ccc2c(c1)CCc1cc(C)ccc1C21c2ccccc2-c2ccc(N(c3ccc(-c4ccccc4-c4ccccc4)cc3)c3ccc4c(c3)C3(c5ccccc5-4)C4CC5CC(C4)CC3C5)cc21. The highest BCUT2D eigenvalue weighted by atomic mass is 15.1. The summed E-state index contributed by atoms with van der Waals surface area (Å²) in [5, 5.41) is 0. The van der Waals surface area contributed by atoms with Crippen LogP contribution in [0.3, 0.4) is 0 Å². The van der Waals surface area contributed by atoms with E-state index in [9.17, 15) is 0 Å². The molecule has 0 saturated heterocycles. The lowest BCUT2D eigenvalue weighted by atomic mass is 9.43. The summed E-state index contributed by atoms with van der Waals surface area (Å²) in [5.74, 6) is 3.17. The van der Waals surface area contributed by atoms with Crippen LogP contribution in [0.2, 0.25) is 0 Å². The van der Waals surface area contributed by atoms with Crippen molar-refractivity contribution in [1.29, 1.82) is 0 Å². The fourth-order valence-electron chi connectivity index (χ4n) is 16.1. The minimum atomic E-state index is -0.467. The van der Waals surface area contributed by atoms with E-state index >= 15 is 0 Å². The van der Waals surface area contributed by atoms with Gasteiger partial charge < -0.3 is 4.90 Å². The molecule has 4 saturated carbocycles. The molecular weight excluding hydrogens is 843 g/mol. The Labute approximate surface area is 413 Å². The van der Waals surface area contributed by atoms with E-state index in [0.29, 0.717) is 11.8 Å². The third-order valence-corrected chi connectivity index (χ3v) is 18.5. The molecule has 7 aliphatic rings. The molecule has 0 radical (unpaired) electrons. The first-order valence-electron chi connectivity index (χ1n) is 26.2. The maximum Gasteiger partial charge on any atom is 0.0719 e. The van der Waals surface area contributed by atoms with Crippen LogP contribution in [0.5, 0.6) is 0 Å². The average Bonchev–Trinajstić information content (AvgIpc) is 3.80. The normalized spacial score (nSPS) is 22.2. The van der Waals surface area contributed by atoms with Gasteiger partial charge in [-0.1, -0.05) is 175 Å². The van der Waals surface area contributed by atoms with Crippen molar-refractivity contribution >= 4 is 17.1 Å². The maximum absolute atomic E-state index is 2.68. The highest BCUT2D eigenvalue weighted by molar-refractivity contribution is 5.92. The molecule has 0 aromatic heterocycles. The van der Waals surface area contributed by atoms with Crippen LogP contribution >= 0.6 is 0 Å². The minimum Gasteiger partial charge on any atom is -0.310 e. The molecule has 0 atom stereocenters. The topological polar surface area (TPSA) is 3.24 Å². The van der Waals surface area contributed by atoms with Crippen molar-refractivity contribution < 1.29 is 0 Å². The van der Waals surface area contributed by atoms with Crippen molar-refractivity contribution in [3.05, 3.63) is 256 Å². The van der Waals surface area contributed by atoms with E-state index in [-0.39, 0.29) is 5.41 Å². The first-order chi connectivity index (χ1) is 34.5. The number of rotatable bonds is 5. The van der Waals surface area contributed by atoms with Crippen molar-refractivity contribution in [2.24, 2.45) is 23.7 Å². The molecule has 0 amide bonds. The number of anilines is 3. The molecule has 4 fully saturated rings. The van der Waals surface area contributed by atoms with Gasteiger partial charge in [0.05, 0.1) is 5.41 Å². The van der Waals surface area contributed by atoms with Gasteiger partial charge in [0.15, 0.2) is 0 Å². The molecule has 0 N–H and O–H groups in total. The van der Waals surface area contributed by atoms with Crippen molar-refractivity contribution in [2.45, 2.75) is 69.6 Å². The van der Waals surface area contributed by atoms with E-state index in [0.717, 1.165) is 24.7 Å². The molecule has 2 spiro atoms. The van der Waals surface area contributed by atoms with Crippen LogP contribution in [0.15, 0.2) is 200 Å². The minimum absolute atomic E-state index is 0.0691. The van der Waals surface area contributed by atoms with Gasteiger partial charge in [-0.3, -0.25) is 0 Å². The van der Waals surface area contributed by atoms with Crippen molar-refractivity contribution in [3.8, 4) is 44.5 Å². The molecule has 7 aliphatic carbocycles. The standard InChI is InChI=1S/C69H57N/c1-43-20-32-62-49(34-43)22-23-50-35-44(2)21-33-63(50)69(62)65-19-11-9-17-59(65)61-31-29-55(42-67(61)69)70(53-26-24-48(25-27-53)57-15-7-6-14-56(57)47-12-4-3-5-13-47)54-28-30-60-58-16-8-10-18-64(58)68(66(60)41-54)51-37-45-36-46(39-51)40-52(68)38-45/h3-21,24-35,41-42,45-46,51-52H,22-23,36-40H2,1-2H3. The summed E-state index contributed by atoms with van der Waals surface area (Å²) in [5.41, 5.74) is 28.2. The van der Waals surface area contributed by atoms with Gasteiger partial charge in [0, 0.05) is 22.5 Å². The van der Waals surface area contributed by atoms with Crippen LogP contribution in [-0.2, 0) is 23.7 Å². The molecule has 9 aromatic carbocycles. The predicted octanol–water partition coefficient (Wildman–Crippen LogP) is 17.3. The Morgan fingerprint density at radius 1 is 0.343 bits per heavy atom. The fourth-order valence-corrected chi connectivity index (χ4v) is 16.1.